The molecule has 0 amide bonds. The average molecular weight is 502 g/mol. The quantitative estimate of drug-likeness (QED) is 0.300. The van der Waals surface area contributed by atoms with Gasteiger partial charge in [0.2, 0.25) is 5.76 Å². The van der Waals surface area contributed by atoms with Gasteiger partial charge in [-0.15, -0.1) is 0 Å². The summed E-state index contributed by atoms with van der Waals surface area (Å²) in [6.45, 7) is 6.75. The Bertz CT molecular complexity index is 1350. The molecule has 0 radical (unpaired) electrons. The van der Waals surface area contributed by atoms with Gasteiger partial charge in [-0.25, -0.2) is 4.79 Å². The van der Waals surface area contributed by atoms with E-state index in [-0.39, 0.29) is 5.76 Å². The summed E-state index contributed by atoms with van der Waals surface area (Å²) in [6.07, 6.45) is 0.918. The number of furan rings is 1. The van der Waals surface area contributed by atoms with E-state index in [9.17, 15) is 9.90 Å². The molecule has 0 unspecified atom stereocenters. The van der Waals surface area contributed by atoms with Crippen LogP contribution in [0.25, 0.3) is 11.0 Å². The molecule has 1 aliphatic heterocycles. The van der Waals surface area contributed by atoms with Gasteiger partial charge in [0.1, 0.15) is 5.58 Å². The van der Waals surface area contributed by atoms with Crippen LogP contribution in [0.3, 0.4) is 0 Å². The van der Waals surface area contributed by atoms with Gasteiger partial charge in [0, 0.05) is 48.6 Å². The first kappa shape index (κ1) is 24.3. The summed E-state index contributed by atoms with van der Waals surface area (Å²) in [5.41, 5.74) is 5.00. The second-order valence-corrected chi connectivity index (χ2v) is 10.3. The number of carboxylic acid groups (broad SMARTS) is 1. The second-order valence-electron chi connectivity index (χ2n) is 9.23. The van der Waals surface area contributed by atoms with Crippen molar-refractivity contribution in [2.75, 3.05) is 49.0 Å². The van der Waals surface area contributed by atoms with Crippen molar-refractivity contribution in [3.8, 4) is 0 Å². The molecule has 0 aliphatic carbocycles. The van der Waals surface area contributed by atoms with Gasteiger partial charge in [-0.2, -0.15) is 0 Å². The van der Waals surface area contributed by atoms with E-state index in [1.807, 2.05) is 24.3 Å². The van der Waals surface area contributed by atoms with Crippen molar-refractivity contribution >= 4 is 40.3 Å². The monoisotopic (exact) mass is 501 g/mol. The maximum Gasteiger partial charge on any atom is 0.372 e. The predicted molar refractivity (Wildman–Crippen MR) is 147 cm³/mol. The minimum Gasteiger partial charge on any atom is -0.475 e. The molecular weight excluding hydrogens is 470 g/mol. The largest absolute Gasteiger partial charge is 0.475 e. The number of hydrogen-bond acceptors (Lipinski definition) is 6. The smallest absolute Gasteiger partial charge is 0.372 e. The van der Waals surface area contributed by atoms with Crippen LogP contribution in [0.2, 0.25) is 0 Å². The van der Waals surface area contributed by atoms with Gasteiger partial charge in [-0.1, -0.05) is 42.5 Å². The first-order valence-corrected chi connectivity index (χ1v) is 13.1. The molecule has 1 N–H and O–H groups in total. The lowest BCUT2D eigenvalue weighted by molar-refractivity contribution is 0.0664. The number of carboxylic acids is 1. The van der Waals surface area contributed by atoms with E-state index in [4.69, 9.17) is 4.42 Å². The SMILES string of the molecule is Cc1c(C(=O)O)oc2ccc(SN(CCc3ccccc3)c3ccccc3N3CCN(C)CC3)cc12. The Kier molecular flexibility index (Phi) is 7.20. The van der Waals surface area contributed by atoms with Crippen LogP contribution >= 0.6 is 11.9 Å². The number of rotatable bonds is 8. The van der Waals surface area contributed by atoms with E-state index in [2.05, 4.69) is 69.7 Å². The van der Waals surface area contributed by atoms with Crippen molar-refractivity contribution in [2.24, 2.45) is 0 Å². The molecule has 3 aromatic carbocycles. The molecular formula is C29H31N3O3S. The molecule has 0 bridgehead atoms. The van der Waals surface area contributed by atoms with Crippen molar-refractivity contribution in [2.45, 2.75) is 18.2 Å². The molecule has 2 heterocycles. The third-order valence-corrected chi connectivity index (χ3v) is 7.82. The zero-order valence-electron chi connectivity index (χ0n) is 20.7. The van der Waals surface area contributed by atoms with Crippen molar-refractivity contribution in [1.29, 1.82) is 0 Å². The van der Waals surface area contributed by atoms with Crippen molar-refractivity contribution in [3.05, 3.63) is 89.7 Å². The number of piperazine rings is 1. The lowest BCUT2D eigenvalue weighted by atomic mass is 10.1. The van der Waals surface area contributed by atoms with Crippen LogP contribution in [0.15, 0.2) is 82.1 Å². The molecule has 1 aromatic heterocycles. The molecule has 4 aromatic rings. The van der Waals surface area contributed by atoms with E-state index in [0.29, 0.717) is 11.1 Å². The fourth-order valence-electron chi connectivity index (χ4n) is 4.67. The van der Waals surface area contributed by atoms with Gasteiger partial charge >= 0.3 is 5.97 Å². The van der Waals surface area contributed by atoms with Crippen LogP contribution in [-0.2, 0) is 6.42 Å². The fraction of sp³-hybridized carbons (Fsp3) is 0.276. The standard InChI is InChI=1S/C29H31N3O3S/c1-21-24-20-23(12-13-27(24)35-28(21)29(33)34)36-32(15-14-22-8-4-3-5-9-22)26-11-7-6-10-25(26)31-18-16-30(2)17-19-31/h3-13,20H,14-19H2,1-2H3,(H,33,34). The highest BCUT2D eigenvalue weighted by Gasteiger charge is 2.22. The average Bonchev–Trinajstić information content (AvgIpc) is 3.24. The first-order valence-electron chi connectivity index (χ1n) is 12.3. The number of para-hydroxylation sites is 2. The van der Waals surface area contributed by atoms with Crippen LogP contribution in [0, 0.1) is 6.92 Å². The number of nitrogens with zero attached hydrogens (tertiary/aromatic N) is 3. The van der Waals surface area contributed by atoms with Crippen molar-refractivity contribution in [3.63, 3.8) is 0 Å². The molecule has 7 heteroatoms. The number of carbonyl (C=O) groups is 1. The van der Waals surface area contributed by atoms with Crippen LogP contribution in [0.1, 0.15) is 21.7 Å². The Morgan fingerprint density at radius 1 is 1.00 bits per heavy atom. The van der Waals surface area contributed by atoms with E-state index >= 15 is 0 Å². The maximum atomic E-state index is 11.6. The predicted octanol–water partition coefficient (Wildman–Crippen LogP) is 5.95. The van der Waals surface area contributed by atoms with Crippen LogP contribution in [-0.4, -0.2) is 55.7 Å². The Hall–Kier alpha value is -3.42. The summed E-state index contributed by atoms with van der Waals surface area (Å²) in [5.74, 6) is -1.03. The number of fused-ring (bicyclic) bond motifs is 1. The molecule has 6 nitrogen and oxygen atoms in total. The first-order chi connectivity index (χ1) is 17.5. The highest BCUT2D eigenvalue weighted by atomic mass is 32.2. The highest BCUT2D eigenvalue weighted by Crippen LogP contribution is 2.38. The minimum absolute atomic E-state index is 0.00787. The molecule has 0 saturated carbocycles. The Balaban J connectivity index is 1.48. The second kappa shape index (κ2) is 10.7. The molecule has 1 saturated heterocycles. The normalized spacial score (nSPS) is 14.3. The summed E-state index contributed by atoms with van der Waals surface area (Å²) in [4.78, 5) is 17.4. The lowest BCUT2D eigenvalue weighted by Crippen LogP contribution is -2.44. The Morgan fingerprint density at radius 3 is 2.47 bits per heavy atom. The number of benzene rings is 3. The summed E-state index contributed by atoms with van der Waals surface area (Å²) < 4.78 is 7.95. The molecule has 1 aliphatic rings. The van der Waals surface area contributed by atoms with Gasteiger partial charge in [-0.05, 0) is 68.2 Å². The van der Waals surface area contributed by atoms with E-state index < -0.39 is 5.97 Å². The molecule has 5 rings (SSSR count). The molecule has 186 valence electrons. The van der Waals surface area contributed by atoms with E-state index in [1.54, 1.807) is 18.9 Å². The number of anilines is 2. The zero-order chi connectivity index (χ0) is 25.1. The molecule has 1 fully saturated rings. The summed E-state index contributed by atoms with van der Waals surface area (Å²) in [7, 11) is 2.18. The van der Waals surface area contributed by atoms with Gasteiger partial charge in [0.25, 0.3) is 0 Å². The van der Waals surface area contributed by atoms with Crippen molar-refractivity contribution in [1.82, 2.24) is 4.90 Å². The maximum absolute atomic E-state index is 11.6. The summed E-state index contributed by atoms with van der Waals surface area (Å²) in [6, 6.07) is 25.1. The number of aromatic carboxylic acids is 1. The Morgan fingerprint density at radius 2 is 1.72 bits per heavy atom. The van der Waals surface area contributed by atoms with Gasteiger partial charge in [0.05, 0.1) is 11.4 Å². The highest BCUT2D eigenvalue weighted by molar-refractivity contribution is 8.00. The lowest BCUT2D eigenvalue weighted by Gasteiger charge is -2.37. The molecule has 36 heavy (non-hydrogen) atoms. The fourth-order valence-corrected chi connectivity index (χ4v) is 5.66. The van der Waals surface area contributed by atoms with Gasteiger partial charge in [-0.3, -0.25) is 0 Å². The topological polar surface area (TPSA) is 60.2 Å². The van der Waals surface area contributed by atoms with Gasteiger partial charge in [0.15, 0.2) is 0 Å². The number of hydrogen-bond donors (Lipinski definition) is 1. The van der Waals surface area contributed by atoms with Gasteiger partial charge < -0.3 is 23.6 Å². The van der Waals surface area contributed by atoms with E-state index in [1.165, 1.54) is 16.9 Å². The molecule has 0 atom stereocenters. The van der Waals surface area contributed by atoms with E-state index in [0.717, 1.165) is 49.4 Å². The van der Waals surface area contributed by atoms with Crippen LogP contribution in [0.4, 0.5) is 11.4 Å². The number of likely N-dealkylation sites (N-methyl/N-ethyl adjacent to an activating group) is 1. The van der Waals surface area contributed by atoms with Crippen LogP contribution < -0.4 is 9.21 Å². The van der Waals surface area contributed by atoms with Crippen molar-refractivity contribution < 1.29 is 14.3 Å². The minimum atomic E-state index is -1.04. The summed E-state index contributed by atoms with van der Waals surface area (Å²) in [5, 5.41) is 10.3. The third kappa shape index (κ3) is 5.22. The molecule has 0 spiro atoms. The zero-order valence-corrected chi connectivity index (χ0v) is 21.5. The summed E-state index contributed by atoms with van der Waals surface area (Å²) >= 11 is 1.69. The Labute approximate surface area is 216 Å². The number of aryl methyl sites for hydroxylation is 1. The third-order valence-electron chi connectivity index (χ3n) is 6.76. The van der Waals surface area contributed by atoms with Crippen LogP contribution in [0.5, 0.6) is 0 Å².